The van der Waals surface area contributed by atoms with E-state index in [9.17, 15) is 14.7 Å². The Morgan fingerprint density at radius 3 is 2.45 bits per heavy atom. The number of amides is 1. The molecule has 0 aromatic heterocycles. The van der Waals surface area contributed by atoms with Crippen molar-refractivity contribution in [1.82, 2.24) is 4.90 Å². The summed E-state index contributed by atoms with van der Waals surface area (Å²) in [4.78, 5) is 27.1. The number of rotatable bonds is 6. The number of hydrogen-bond donors (Lipinski definition) is 1. The first-order chi connectivity index (χ1) is 13.8. The third-order valence-electron chi connectivity index (χ3n) is 4.87. The van der Waals surface area contributed by atoms with Crippen molar-refractivity contribution in [3.63, 3.8) is 0 Å². The van der Waals surface area contributed by atoms with Crippen LogP contribution in [0.1, 0.15) is 29.2 Å². The summed E-state index contributed by atoms with van der Waals surface area (Å²) >= 11 is 12.4. The van der Waals surface area contributed by atoms with Gasteiger partial charge in [0.15, 0.2) is 0 Å². The molecule has 2 aromatic carbocycles. The summed E-state index contributed by atoms with van der Waals surface area (Å²) < 4.78 is 5.07. The molecule has 1 fully saturated rings. The number of ketones is 1. The summed E-state index contributed by atoms with van der Waals surface area (Å²) in [5.74, 6) is -1.64. The fourth-order valence-corrected chi connectivity index (χ4v) is 3.92. The molecule has 152 valence electrons. The fraction of sp³-hybridized carbons (Fsp3) is 0.273. The second-order valence-corrected chi connectivity index (χ2v) is 7.71. The maximum absolute atomic E-state index is 12.9. The van der Waals surface area contributed by atoms with Gasteiger partial charge in [-0.1, -0.05) is 59.1 Å². The Morgan fingerprint density at radius 2 is 1.83 bits per heavy atom. The van der Waals surface area contributed by atoms with Gasteiger partial charge >= 0.3 is 0 Å². The molecule has 1 saturated heterocycles. The van der Waals surface area contributed by atoms with Gasteiger partial charge in [0.25, 0.3) is 11.7 Å². The van der Waals surface area contributed by atoms with Gasteiger partial charge in [-0.25, -0.2) is 0 Å². The smallest absolute Gasteiger partial charge is 0.295 e. The lowest BCUT2D eigenvalue weighted by Gasteiger charge is -2.26. The lowest BCUT2D eigenvalue weighted by atomic mass is 9.95. The zero-order chi connectivity index (χ0) is 21.1. The van der Waals surface area contributed by atoms with E-state index in [1.54, 1.807) is 37.4 Å². The molecule has 0 saturated carbocycles. The predicted octanol–water partition coefficient (Wildman–Crippen LogP) is 4.76. The molecule has 1 amide bonds. The lowest BCUT2D eigenvalue weighted by molar-refractivity contribution is -0.140. The Morgan fingerprint density at radius 1 is 1.14 bits per heavy atom. The Balaban J connectivity index is 2.15. The molecule has 0 bridgehead atoms. The number of aliphatic hydroxyl groups is 1. The van der Waals surface area contributed by atoms with Gasteiger partial charge in [0, 0.05) is 35.9 Å². The summed E-state index contributed by atoms with van der Waals surface area (Å²) in [6, 6.07) is 11.1. The molecule has 0 radical (unpaired) electrons. The molecule has 0 spiro atoms. The summed E-state index contributed by atoms with van der Waals surface area (Å²) in [6.45, 7) is 2.64. The van der Waals surface area contributed by atoms with Crippen LogP contribution in [-0.2, 0) is 14.3 Å². The highest BCUT2D eigenvalue weighted by atomic mass is 35.5. The van der Waals surface area contributed by atoms with Crippen LogP contribution in [0.2, 0.25) is 10.0 Å². The van der Waals surface area contributed by atoms with Crippen LogP contribution in [-0.4, -0.2) is 42.0 Å². The van der Waals surface area contributed by atoms with E-state index in [1.807, 2.05) is 19.1 Å². The van der Waals surface area contributed by atoms with Gasteiger partial charge in [-0.3, -0.25) is 9.59 Å². The second kappa shape index (κ2) is 8.99. The van der Waals surface area contributed by atoms with E-state index < -0.39 is 17.7 Å². The first-order valence-electron chi connectivity index (χ1n) is 9.14. The van der Waals surface area contributed by atoms with Gasteiger partial charge < -0.3 is 14.7 Å². The average molecular weight is 434 g/mol. The van der Waals surface area contributed by atoms with Crippen LogP contribution in [0.25, 0.3) is 5.76 Å². The van der Waals surface area contributed by atoms with E-state index in [-0.39, 0.29) is 17.9 Å². The van der Waals surface area contributed by atoms with Crippen molar-refractivity contribution in [3.05, 3.63) is 74.8 Å². The van der Waals surface area contributed by atoms with Crippen LogP contribution >= 0.6 is 23.2 Å². The standard InChI is InChI=1S/C22H21Cl2NO4/c1-13-4-6-14(7-5-13)20(26)18-19(16-9-8-15(23)12-17(16)24)25(10-3-11-29-2)22(28)21(18)27/h4-9,12,19,26H,3,10-11H2,1-2H3. The Hall–Kier alpha value is -2.34. The van der Waals surface area contributed by atoms with Crippen molar-refractivity contribution in [2.45, 2.75) is 19.4 Å². The summed E-state index contributed by atoms with van der Waals surface area (Å²) in [5, 5.41) is 11.7. The third-order valence-corrected chi connectivity index (χ3v) is 5.43. The number of carbonyl (C=O) groups is 2. The minimum Gasteiger partial charge on any atom is -0.507 e. The lowest BCUT2D eigenvalue weighted by Crippen LogP contribution is -2.31. The third kappa shape index (κ3) is 4.32. The van der Waals surface area contributed by atoms with E-state index >= 15 is 0 Å². The molecule has 1 aliphatic heterocycles. The molecule has 29 heavy (non-hydrogen) atoms. The number of ether oxygens (including phenoxy) is 1. The molecule has 1 aliphatic rings. The molecule has 0 aliphatic carbocycles. The van der Waals surface area contributed by atoms with Crippen molar-refractivity contribution in [3.8, 4) is 0 Å². The highest BCUT2D eigenvalue weighted by Gasteiger charge is 2.46. The quantitative estimate of drug-likeness (QED) is 0.308. The van der Waals surface area contributed by atoms with Gasteiger partial charge in [0.2, 0.25) is 0 Å². The maximum Gasteiger partial charge on any atom is 0.295 e. The van der Waals surface area contributed by atoms with E-state index in [1.165, 1.54) is 4.90 Å². The summed E-state index contributed by atoms with van der Waals surface area (Å²) in [5.41, 5.74) is 2.02. The van der Waals surface area contributed by atoms with E-state index in [0.717, 1.165) is 5.56 Å². The largest absolute Gasteiger partial charge is 0.507 e. The normalized spacial score (nSPS) is 18.5. The van der Waals surface area contributed by atoms with Crippen LogP contribution in [0.4, 0.5) is 0 Å². The highest BCUT2D eigenvalue weighted by molar-refractivity contribution is 6.47. The number of likely N-dealkylation sites (tertiary alicyclic amines) is 1. The number of methoxy groups -OCH3 is 1. The maximum atomic E-state index is 12.9. The molecule has 1 unspecified atom stereocenters. The van der Waals surface area contributed by atoms with Crippen molar-refractivity contribution in [2.24, 2.45) is 0 Å². The zero-order valence-electron chi connectivity index (χ0n) is 16.1. The predicted molar refractivity (Wildman–Crippen MR) is 113 cm³/mol. The van der Waals surface area contributed by atoms with Gasteiger partial charge in [-0.15, -0.1) is 0 Å². The zero-order valence-corrected chi connectivity index (χ0v) is 17.6. The number of Topliss-reactive ketones (excluding diaryl/α,β-unsaturated/α-hetero) is 1. The Labute approximate surface area is 179 Å². The number of aliphatic hydroxyl groups excluding tert-OH is 1. The van der Waals surface area contributed by atoms with Crippen molar-refractivity contribution < 1.29 is 19.4 Å². The van der Waals surface area contributed by atoms with Crippen LogP contribution in [0.5, 0.6) is 0 Å². The van der Waals surface area contributed by atoms with Crippen molar-refractivity contribution in [1.29, 1.82) is 0 Å². The number of halogens is 2. The molecular formula is C22H21Cl2NO4. The molecule has 1 heterocycles. The number of benzene rings is 2. The molecular weight excluding hydrogens is 413 g/mol. The Kier molecular flexibility index (Phi) is 6.63. The molecule has 2 aromatic rings. The van der Waals surface area contributed by atoms with E-state index in [0.29, 0.717) is 34.2 Å². The number of hydrogen-bond acceptors (Lipinski definition) is 4. The first-order valence-corrected chi connectivity index (χ1v) is 9.90. The molecule has 5 nitrogen and oxygen atoms in total. The van der Waals surface area contributed by atoms with Gasteiger partial charge in [0.05, 0.1) is 11.6 Å². The topological polar surface area (TPSA) is 66.8 Å². The minimum atomic E-state index is -0.807. The fourth-order valence-electron chi connectivity index (χ4n) is 3.40. The van der Waals surface area contributed by atoms with Crippen LogP contribution in [0.15, 0.2) is 48.0 Å². The first kappa shape index (κ1) is 21.4. The van der Waals surface area contributed by atoms with Crippen molar-refractivity contribution in [2.75, 3.05) is 20.3 Å². The summed E-state index contributed by atoms with van der Waals surface area (Å²) in [6.07, 6.45) is 0.538. The van der Waals surface area contributed by atoms with Gasteiger partial charge in [-0.2, -0.15) is 0 Å². The average Bonchev–Trinajstić information content (AvgIpc) is 2.93. The van der Waals surface area contributed by atoms with E-state index in [4.69, 9.17) is 27.9 Å². The van der Waals surface area contributed by atoms with Crippen molar-refractivity contribution >= 4 is 40.7 Å². The van der Waals surface area contributed by atoms with Gasteiger partial charge in [0.1, 0.15) is 5.76 Å². The Bertz CT molecular complexity index is 969. The van der Waals surface area contributed by atoms with Crippen LogP contribution < -0.4 is 0 Å². The minimum absolute atomic E-state index is 0.0143. The van der Waals surface area contributed by atoms with Crippen LogP contribution in [0.3, 0.4) is 0 Å². The summed E-state index contributed by atoms with van der Waals surface area (Å²) in [7, 11) is 1.57. The SMILES string of the molecule is COCCCN1C(=O)C(=O)C(=C(O)c2ccc(C)cc2)C1c1ccc(Cl)cc1Cl. The van der Waals surface area contributed by atoms with E-state index in [2.05, 4.69) is 0 Å². The monoisotopic (exact) mass is 433 g/mol. The number of aryl methyl sites for hydroxylation is 1. The highest BCUT2D eigenvalue weighted by Crippen LogP contribution is 2.42. The number of carbonyl (C=O) groups excluding carboxylic acids is 2. The molecule has 1 atom stereocenters. The second-order valence-electron chi connectivity index (χ2n) is 6.87. The molecule has 1 N–H and O–H groups in total. The van der Waals surface area contributed by atoms with Crippen LogP contribution in [0, 0.1) is 6.92 Å². The van der Waals surface area contributed by atoms with Gasteiger partial charge in [-0.05, 0) is 31.0 Å². The molecule has 7 heteroatoms. The number of nitrogens with zero attached hydrogens (tertiary/aromatic N) is 1. The molecule has 3 rings (SSSR count).